The molecule has 0 aliphatic rings. The van der Waals surface area contributed by atoms with Crippen molar-refractivity contribution in [1.82, 2.24) is 9.97 Å². The number of halogens is 6. The average Bonchev–Trinajstić information content (AvgIpc) is 2.57. The highest BCUT2D eigenvalue weighted by molar-refractivity contribution is 8.00. The van der Waals surface area contributed by atoms with Gasteiger partial charge in [0.15, 0.2) is 10.9 Å². The van der Waals surface area contributed by atoms with Crippen molar-refractivity contribution in [3.05, 3.63) is 51.9 Å². The number of thioether (sulfide) groups is 1. The summed E-state index contributed by atoms with van der Waals surface area (Å²) >= 11 is 0.522. The zero-order valence-corrected chi connectivity index (χ0v) is 15.8. The number of rotatable bonds is 5. The quantitative estimate of drug-likeness (QED) is 0.407. The van der Waals surface area contributed by atoms with Crippen LogP contribution in [0.3, 0.4) is 0 Å². The maximum atomic E-state index is 13.1. The molecule has 29 heavy (non-hydrogen) atoms. The van der Waals surface area contributed by atoms with Gasteiger partial charge in [-0.15, -0.1) is 0 Å². The Balaban J connectivity index is 2.31. The van der Waals surface area contributed by atoms with Crippen molar-refractivity contribution >= 4 is 23.4 Å². The first kappa shape index (κ1) is 22.8. The Morgan fingerprint density at radius 3 is 2.28 bits per heavy atom. The smallest absolute Gasteiger partial charge is 0.325 e. The Morgan fingerprint density at radius 1 is 1.10 bits per heavy atom. The number of hydrogen-bond donors (Lipinski definition) is 2. The van der Waals surface area contributed by atoms with Crippen LogP contribution in [0.25, 0.3) is 0 Å². The molecule has 1 atom stereocenters. The number of H-pyrrole nitrogens is 1. The van der Waals surface area contributed by atoms with E-state index in [-0.39, 0.29) is 6.07 Å². The summed E-state index contributed by atoms with van der Waals surface area (Å²) in [6.07, 6.45) is -9.58. The number of aromatic amines is 1. The van der Waals surface area contributed by atoms with Gasteiger partial charge < -0.3 is 10.3 Å². The maximum absolute atomic E-state index is 13.1. The van der Waals surface area contributed by atoms with Gasteiger partial charge in [0.25, 0.3) is 5.56 Å². The van der Waals surface area contributed by atoms with Gasteiger partial charge >= 0.3 is 12.4 Å². The van der Waals surface area contributed by atoms with Crippen molar-refractivity contribution in [3.8, 4) is 0 Å². The first-order chi connectivity index (χ1) is 13.3. The Labute approximate surface area is 164 Å². The second-order valence-corrected chi connectivity index (χ2v) is 7.38. The van der Waals surface area contributed by atoms with E-state index >= 15 is 0 Å². The van der Waals surface area contributed by atoms with Gasteiger partial charge in [-0.1, -0.05) is 37.7 Å². The summed E-state index contributed by atoms with van der Waals surface area (Å²) < 4.78 is 77.8. The normalized spacial score (nSPS) is 13.4. The molecule has 5 nitrogen and oxygen atoms in total. The molecule has 1 aromatic heterocycles. The number of benzene rings is 1. The molecule has 158 valence electrons. The number of nitrogens with zero attached hydrogens (tertiary/aromatic N) is 1. The lowest BCUT2D eigenvalue weighted by Crippen LogP contribution is -2.31. The number of nitrogens with one attached hydrogen (secondary N) is 2. The third-order valence-corrected chi connectivity index (χ3v) is 5.03. The Hall–Kier alpha value is -2.50. The summed E-state index contributed by atoms with van der Waals surface area (Å²) in [6, 6.07) is 4.58. The summed E-state index contributed by atoms with van der Waals surface area (Å²) in [6.45, 7) is 3.11. The largest absolute Gasteiger partial charge is 0.433 e. The van der Waals surface area contributed by atoms with Crippen molar-refractivity contribution in [2.45, 2.75) is 36.6 Å². The van der Waals surface area contributed by atoms with E-state index in [0.717, 1.165) is 18.2 Å². The molecule has 12 heteroatoms. The number of para-hydroxylation sites is 1. The Morgan fingerprint density at radius 2 is 1.72 bits per heavy atom. The second kappa shape index (κ2) is 8.47. The van der Waals surface area contributed by atoms with Crippen molar-refractivity contribution in [2.24, 2.45) is 5.92 Å². The van der Waals surface area contributed by atoms with Gasteiger partial charge in [0, 0.05) is 6.07 Å². The van der Waals surface area contributed by atoms with Crippen LogP contribution in [0.2, 0.25) is 0 Å². The Kier molecular flexibility index (Phi) is 6.66. The highest BCUT2D eigenvalue weighted by atomic mass is 32.2. The lowest BCUT2D eigenvalue weighted by Gasteiger charge is -2.21. The second-order valence-electron chi connectivity index (χ2n) is 6.25. The number of anilines is 1. The number of amides is 1. The number of alkyl halides is 6. The van der Waals surface area contributed by atoms with Crippen molar-refractivity contribution in [1.29, 1.82) is 0 Å². The number of aromatic nitrogens is 2. The third kappa shape index (κ3) is 5.99. The lowest BCUT2D eigenvalue weighted by molar-refractivity contribution is -0.141. The SMILES string of the molecule is CC(C)C(Sc1nc(C(F)(F)F)cc(=O)[nH]1)C(=O)Nc1ccccc1C(F)(F)F. The standard InChI is InChI=1S/C17H15F6N3O2S/c1-8(2)13(29-15-25-11(17(21,22)23)7-12(27)26-15)14(28)24-10-6-4-3-5-9(10)16(18,19)20/h3-8,13H,1-2H3,(H,24,28)(H,25,26,27). The molecule has 1 aromatic carbocycles. The van der Waals surface area contributed by atoms with Gasteiger partial charge in [0.05, 0.1) is 16.5 Å². The molecule has 0 aliphatic heterocycles. The minimum absolute atomic E-state index is 0.272. The summed E-state index contributed by atoms with van der Waals surface area (Å²) in [4.78, 5) is 29.4. The molecule has 1 unspecified atom stereocenters. The van der Waals surface area contributed by atoms with Crippen LogP contribution in [0.15, 0.2) is 40.3 Å². The molecule has 0 spiro atoms. The van der Waals surface area contributed by atoms with E-state index in [1.807, 2.05) is 0 Å². The van der Waals surface area contributed by atoms with Gasteiger partial charge in [-0.3, -0.25) is 9.59 Å². The molecule has 1 heterocycles. The first-order valence-corrected chi connectivity index (χ1v) is 8.99. The highest BCUT2D eigenvalue weighted by Crippen LogP contribution is 2.36. The minimum Gasteiger partial charge on any atom is -0.325 e. The van der Waals surface area contributed by atoms with Gasteiger partial charge in [-0.2, -0.15) is 26.3 Å². The Bertz CT molecular complexity index is 940. The van der Waals surface area contributed by atoms with E-state index in [2.05, 4.69) is 15.3 Å². The summed E-state index contributed by atoms with van der Waals surface area (Å²) in [5.41, 5.74) is -4.05. The molecular formula is C17H15F6N3O2S. The molecule has 0 aliphatic carbocycles. The van der Waals surface area contributed by atoms with Crippen LogP contribution in [0.5, 0.6) is 0 Å². The maximum Gasteiger partial charge on any atom is 0.433 e. The van der Waals surface area contributed by atoms with E-state index in [9.17, 15) is 35.9 Å². The van der Waals surface area contributed by atoms with Crippen LogP contribution in [0.1, 0.15) is 25.1 Å². The van der Waals surface area contributed by atoms with Crippen molar-refractivity contribution in [3.63, 3.8) is 0 Å². The third-order valence-electron chi connectivity index (χ3n) is 3.60. The fourth-order valence-corrected chi connectivity index (χ4v) is 3.28. The summed E-state index contributed by atoms with van der Waals surface area (Å²) in [5, 5.41) is 0.564. The molecule has 0 bridgehead atoms. The summed E-state index contributed by atoms with van der Waals surface area (Å²) in [5.74, 6) is -1.38. The van der Waals surface area contributed by atoms with Crippen LogP contribution in [0, 0.1) is 5.92 Å². The molecule has 2 N–H and O–H groups in total. The minimum atomic E-state index is -4.87. The van der Waals surface area contributed by atoms with Gasteiger partial charge in [0.1, 0.15) is 0 Å². The van der Waals surface area contributed by atoms with Gasteiger partial charge in [-0.05, 0) is 18.1 Å². The van der Waals surface area contributed by atoms with Crippen LogP contribution < -0.4 is 10.9 Å². The van der Waals surface area contributed by atoms with Crippen molar-refractivity contribution < 1.29 is 31.1 Å². The molecule has 0 radical (unpaired) electrons. The number of hydrogen-bond acceptors (Lipinski definition) is 4. The lowest BCUT2D eigenvalue weighted by atomic mass is 10.1. The van der Waals surface area contributed by atoms with Crippen LogP contribution in [-0.4, -0.2) is 21.1 Å². The first-order valence-electron chi connectivity index (χ1n) is 8.11. The van der Waals surface area contributed by atoms with E-state index < -0.39 is 57.1 Å². The average molecular weight is 439 g/mol. The summed E-state index contributed by atoms with van der Waals surface area (Å²) in [7, 11) is 0. The molecule has 0 saturated heterocycles. The topological polar surface area (TPSA) is 74.8 Å². The zero-order chi connectivity index (χ0) is 22.0. The fraction of sp³-hybridized carbons (Fsp3) is 0.353. The highest BCUT2D eigenvalue weighted by Gasteiger charge is 2.36. The van der Waals surface area contributed by atoms with Gasteiger partial charge in [-0.25, -0.2) is 4.98 Å². The van der Waals surface area contributed by atoms with E-state index in [1.165, 1.54) is 6.07 Å². The van der Waals surface area contributed by atoms with Crippen LogP contribution in [0.4, 0.5) is 32.0 Å². The van der Waals surface area contributed by atoms with Gasteiger partial charge in [0.2, 0.25) is 5.91 Å². The molecule has 2 aromatic rings. The predicted molar refractivity (Wildman–Crippen MR) is 94.4 cm³/mol. The molecular weight excluding hydrogens is 424 g/mol. The predicted octanol–water partition coefficient (Wildman–Crippen LogP) is 4.56. The molecule has 0 saturated carbocycles. The van der Waals surface area contributed by atoms with Crippen LogP contribution in [-0.2, 0) is 17.1 Å². The van der Waals surface area contributed by atoms with E-state index in [4.69, 9.17) is 0 Å². The monoisotopic (exact) mass is 439 g/mol. The van der Waals surface area contributed by atoms with Crippen molar-refractivity contribution in [2.75, 3.05) is 5.32 Å². The van der Waals surface area contributed by atoms with E-state index in [0.29, 0.717) is 11.8 Å². The number of carbonyl (C=O) groups is 1. The molecule has 0 fully saturated rings. The number of carbonyl (C=O) groups excluding carboxylic acids is 1. The molecule has 1 amide bonds. The zero-order valence-electron chi connectivity index (χ0n) is 15.0. The fourth-order valence-electron chi connectivity index (χ4n) is 2.29. The van der Waals surface area contributed by atoms with Crippen LogP contribution >= 0.6 is 11.8 Å². The molecule has 2 rings (SSSR count). The van der Waals surface area contributed by atoms with E-state index in [1.54, 1.807) is 13.8 Å².